The highest BCUT2D eigenvalue weighted by Gasteiger charge is 2.51. The number of hydrogen-bond donors (Lipinski definition) is 0. The molecule has 1 aromatic carbocycles. The minimum Gasteiger partial charge on any atom is -0.379 e. The fourth-order valence-electron chi connectivity index (χ4n) is 6.38. The Morgan fingerprint density at radius 3 is 1.92 bits per heavy atom. The second-order valence-electron chi connectivity index (χ2n) is 8.74. The van der Waals surface area contributed by atoms with Crippen LogP contribution >= 0.6 is 0 Å². The number of hydrogen-bond acceptors (Lipinski definition) is 3. The molecular weight excluding hydrogens is 334 g/mol. The smallest absolute Gasteiger partial charge is 0.243 e. The average Bonchev–Trinajstić information content (AvgIpc) is 2.61. The van der Waals surface area contributed by atoms with Crippen molar-refractivity contribution in [3.63, 3.8) is 0 Å². The second-order valence-corrected chi connectivity index (χ2v) is 10.7. The van der Waals surface area contributed by atoms with Crippen LogP contribution in [0.25, 0.3) is 0 Å². The van der Waals surface area contributed by atoms with Crippen LogP contribution < -0.4 is 0 Å². The Morgan fingerprint density at radius 1 is 0.880 bits per heavy atom. The molecule has 0 radical (unpaired) electrons. The first-order valence-electron chi connectivity index (χ1n) is 9.74. The summed E-state index contributed by atoms with van der Waals surface area (Å²) in [6.45, 7) is 1.90. The van der Waals surface area contributed by atoms with Crippen LogP contribution in [-0.4, -0.2) is 39.0 Å². The van der Waals surface area contributed by atoms with Crippen molar-refractivity contribution >= 4 is 10.0 Å². The van der Waals surface area contributed by atoms with E-state index >= 15 is 0 Å². The van der Waals surface area contributed by atoms with E-state index in [1.54, 1.807) is 4.31 Å². The first-order valence-corrected chi connectivity index (χ1v) is 11.2. The largest absolute Gasteiger partial charge is 0.379 e. The van der Waals surface area contributed by atoms with Gasteiger partial charge in [0.05, 0.1) is 18.1 Å². The molecule has 0 atom stereocenters. The van der Waals surface area contributed by atoms with Gasteiger partial charge in [-0.25, -0.2) is 8.42 Å². The normalized spacial score (nSPS) is 38.2. The molecule has 25 heavy (non-hydrogen) atoms. The number of morpholine rings is 1. The zero-order valence-electron chi connectivity index (χ0n) is 14.7. The van der Waals surface area contributed by atoms with Crippen molar-refractivity contribution in [1.82, 2.24) is 4.31 Å². The van der Waals surface area contributed by atoms with Gasteiger partial charge in [-0.15, -0.1) is 0 Å². The predicted octanol–water partition coefficient (Wildman–Crippen LogP) is 3.18. The Balaban J connectivity index is 1.42. The van der Waals surface area contributed by atoms with Crippen LogP contribution in [0.5, 0.6) is 0 Å². The maximum atomic E-state index is 12.8. The van der Waals surface area contributed by atoms with Crippen LogP contribution in [-0.2, 0) is 20.2 Å². The van der Waals surface area contributed by atoms with Gasteiger partial charge in [0.15, 0.2) is 0 Å². The van der Waals surface area contributed by atoms with Gasteiger partial charge in [-0.1, -0.05) is 12.1 Å². The van der Waals surface area contributed by atoms with Gasteiger partial charge in [-0.3, -0.25) is 0 Å². The van der Waals surface area contributed by atoms with Crippen LogP contribution in [0, 0.1) is 17.8 Å². The van der Waals surface area contributed by atoms with Gasteiger partial charge in [0.1, 0.15) is 0 Å². The third-order valence-corrected chi connectivity index (χ3v) is 9.03. The lowest BCUT2D eigenvalue weighted by Gasteiger charge is -2.57. The van der Waals surface area contributed by atoms with Gasteiger partial charge in [0, 0.05) is 13.1 Å². The van der Waals surface area contributed by atoms with Crippen molar-refractivity contribution in [2.75, 3.05) is 26.3 Å². The van der Waals surface area contributed by atoms with Gasteiger partial charge >= 0.3 is 0 Å². The standard InChI is InChI=1S/C20H27NO3S/c22-25(23,21-5-7-24-8-6-21)19-3-1-18(2-4-19)20-12-15-9-16(13-20)11-17(10-15)14-20/h1-4,15-17H,5-14H2. The highest BCUT2D eigenvalue weighted by atomic mass is 32.2. The van der Waals surface area contributed by atoms with Gasteiger partial charge in [-0.05, 0) is 79.4 Å². The molecule has 0 unspecified atom stereocenters. The molecule has 0 aromatic heterocycles. The maximum absolute atomic E-state index is 12.8. The summed E-state index contributed by atoms with van der Waals surface area (Å²) in [5, 5.41) is 0. The number of sulfonamides is 1. The van der Waals surface area contributed by atoms with E-state index in [1.807, 2.05) is 12.1 Å². The van der Waals surface area contributed by atoms with Crippen LogP contribution in [0.1, 0.15) is 44.1 Å². The van der Waals surface area contributed by atoms with E-state index in [0.717, 1.165) is 17.8 Å². The molecule has 1 heterocycles. The Kier molecular flexibility index (Phi) is 3.77. The molecule has 136 valence electrons. The Morgan fingerprint density at radius 2 is 1.40 bits per heavy atom. The monoisotopic (exact) mass is 361 g/mol. The zero-order chi connectivity index (χ0) is 17.1. The first-order chi connectivity index (χ1) is 12.1. The molecular formula is C20H27NO3S. The lowest BCUT2D eigenvalue weighted by atomic mass is 9.48. The Hall–Kier alpha value is -0.910. The Bertz CT molecular complexity index is 714. The molecule has 1 aromatic rings. The van der Waals surface area contributed by atoms with E-state index in [0.29, 0.717) is 36.6 Å². The molecule has 5 heteroatoms. The van der Waals surface area contributed by atoms with Gasteiger partial charge in [-0.2, -0.15) is 4.31 Å². The Labute approximate surface area is 150 Å². The SMILES string of the molecule is O=S(=O)(c1ccc(C23CC4CC(CC(C4)C2)C3)cc1)N1CCOCC1. The van der Waals surface area contributed by atoms with E-state index in [1.165, 1.54) is 44.1 Å². The summed E-state index contributed by atoms with van der Waals surface area (Å²) in [6.07, 6.45) is 8.24. The van der Waals surface area contributed by atoms with Gasteiger partial charge in [0.25, 0.3) is 0 Å². The van der Waals surface area contributed by atoms with E-state index in [9.17, 15) is 8.42 Å². The summed E-state index contributed by atoms with van der Waals surface area (Å²) < 4.78 is 32.5. The van der Waals surface area contributed by atoms with Crippen molar-refractivity contribution in [3.8, 4) is 0 Å². The average molecular weight is 362 g/mol. The first kappa shape index (κ1) is 16.3. The zero-order valence-corrected chi connectivity index (χ0v) is 15.5. The third-order valence-electron chi connectivity index (χ3n) is 7.11. The lowest BCUT2D eigenvalue weighted by Crippen LogP contribution is -2.48. The summed E-state index contributed by atoms with van der Waals surface area (Å²) in [6, 6.07) is 7.92. The molecule has 5 fully saturated rings. The van der Waals surface area contributed by atoms with Crippen molar-refractivity contribution < 1.29 is 13.2 Å². The third kappa shape index (κ3) is 2.66. The minimum absolute atomic E-state index is 0.329. The lowest BCUT2D eigenvalue weighted by molar-refractivity contribution is -0.00521. The number of rotatable bonds is 3. The van der Waals surface area contributed by atoms with E-state index in [4.69, 9.17) is 4.74 Å². The highest BCUT2D eigenvalue weighted by Crippen LogP contribution is 2.60. The van der Waals surface area contributed by atoms with Crippen molar-refractivity contribution in [2.45, 2.75) is 48.8 Å². The molecule has 1 aliphatic heterocycles. The molecule has 4 aliphatic carbocycles. The fraction of sp³-hybridized carbons (Fsp3) is 0.700. The molecule has 5 aliphatic rings. The highest BCUT2D eigenvalue weighted by molar-refractivity contribution is 7.89. The summed E-state index contributed by atoms with van der Waals surface area (Å²) in [5.41, 5.74) is 1.71. The number of nitrogens with zero attached hydrogens (tertiary/aromatic N) is 1. The topological polar surface area (TPSA) is 46.6 Å². The maximum Gasteiger partial charge on any atom is 0.243 e. The molecule has 0 N–H and O–H groups in total. The number of benzene rings is 1. The summed E-state index contributed by atoms with van der Waals surface area (Å²) in [7, 11) is -3.38. The molecule has 4 saturated carbocycles. The van der Waals surface area contributed by atoms with Crippen LogP contribution in [0.4, 0.5) is 0 Å². The van der Waals surface area contributed by atoms with E-state index in [-0.39, 0.29) is 0 Å². The van der Waals surface area contributed by atoms with E-state index in [2.05, 4.69) is 12.1 Å². The second kappa shape index (κ2) is 5.80. The molecule has 0 spiro atoms. The fourth-order valence-corrected chi connectivity index (χ4v) is 7.79. The van der Waals surface area contributed by atoms with Crippen molar-refractivity contribution in [1.29, 1.82) is 0 Å². The summed E-state index contributed by atoms with van der Waals surface area (Å²) in [4.78, 5) is 0.433. The van der Waals surface area contributed by atoms with E-state index < -0.39 is 10.0 Å². The van der Waals surface area contributed by atoms with Gasteiger partial charge < -0.3 is 4.74 Å². The molecule has 0 amide bonds. The quantitative estimate of drug-likeness (QED) is 0.831. The van der Waals surface area contributed by atoms with Gasteiger partial charge in [0.2, 0.25) is 10.0 Å². The van der Waals surface area contributed by atoms with Crippen molar-refractivity contribution in [2.24, 2.45) is 17.8 Å². The minimum atomic E-state index is -3.38. The molecule has 1 saturated heterocycles. The summed E-state index contributed by atoms with van der Waals surface area (Å²) in [5.74, 6) is 2.72. The molecule has 4 bridgehead atoms. The van der Waals surface area contributed by atoms with Crippen molar-refractivity contribution in [3.05, 3.63) is 29.8 Å². The molecule has 6 rings (SSSR count). The van der Waals surface area contributed by atoms with Crippen LogP contribution in [0.15, 0.2) is 29.2 Å². The summed E-state index contributed by atoms with van der Waals surface area (Å²) >= 11 is 0. The predicted molar refractivity (Wildman–Crippen MR) is 95.9 cm³/mol. The molecule has 4 nitrogen and oxygen atoms in total. The van der Waals surface area contributed by atoms with Crippen LogP contribution in [0.2, 0.25) is 0 Å². The van der Waals surface area contributed by atoms with Crippen LogP contribution in [0.3, 0.4) is 0 Å². The number of ether oxygens (including phenoxy) is 1.